The number of aliphatic hydroxyl groups excluding tert-OH is 1. The number of unbranched alkanes of at least 4 members (excludes halogenated alkanes) is 1. The first-order chi connectivity index (χ1) is 17.3. The normalized spacial score (nSPS) is 12.4. The highest BCUT2D eigenvalue weighted by Crippen LogP contribution is 2.40. The molecule has 0 heterocycles. The Bertz CT molecular complexity index is 1000. The van der Waals surface area contributed by atoms with E-state index in [1.54, 1.807) is 0 Å². The maximum atomic E-state index is 10.8. The Labute approximate surface area is 209 Å². The molecule has 35 heavy (non-hydrogen) atoms. The largest absolute Gasteiger partial charge is 0.391 e. The van der Waals surface area contributed by atoms with Crippen molar-refractivity contribution in [2.75, 3.05) is 13.2 Å². The fourth-order valence-corrected chi connectivity index (χ4v) is 4.42. The van der Waals surface area contributed by atoms with Crippen molar-refractivity contribution in [2.24, 2.45) is 0 Å². The molecule has 1 unspecified atom stereocenters. The lowest BCUT2D eigenvalue weighted by atomic mass is 9.80. The summed E-state index contributed by atoms with van der Waals surface area (Å²) in [4.78, 5) is 0. The number of hydrogen-bond donors (Lipinski definition) is 1. The molecule has 0 saturated heterocycles. The van der Waals surface area contributed by atoms with Crippen molar-refractivity contribution in [3.8, 4) is 0 Å². The van der Waals surface area contributed by atoms with Gasteiger partial charge in [-0.3, -0.25) is 0 Å². The first-order valence-corrected chi connectivity index (χ1v) is 12.4. The van der Waals surface area contributed by atoms with E-state index in [0.29, 0.717) is 19.6 Å². The third-order valence-corrected chi connectivity index (χ3v) is 6.22. The van der Waals surface area contributed by atoms with Crippen molar-refractivity contribution in [1.82, 2.24) is 0 Å². The smallest absolute Gasteiger partial charge is 0.143 e. The molecule has 1 N–H and O–H groups in total. The van der Waals surface area contributed by atoms with Crippen LogP contribution in [0.15, 0.2) is 121 Å². The third-order valence-electron chi connectivity index (χ3n) is 6.22. The van der Waals surface area contributed by atoms with Crippen molar-refractivity contribution in [3.63, 3.8) is 0 Å². The van der Waals surface area contributed by atoms with E-state index in [2.05, 4.69) is 48.5 Å². The minimum Gasteiger partial charge on any atom is -0.391 e. The zero-order valence-corrected chi connectivity index (χ0v) is 20.1. The molecule has 1 atom stereocenters. The summed E-state index contributed by atoms with van der Waals surface area (Å²) in [7, 11) is 0. The second-order valence-electron chi connectivity index (χ2n) is 8.78. The number of aliphatic hydroxyl groups is 1. The lowest BCUT2D eigenvalue weighted by Gasteiger charge is -2.36. The Morgan fingerprint density at radius 3 is 1.54 bits per heavy atom. The number of ether oxygens (including phenoxy) is 2. The first kappa shape index (κ1) is 24.9. The lowest BCUT2D eigenvalue weighted by Crippen LogP contribution is -2.35. The molecule has 0 fully saturated rings. The molecule has 3 nitrogen and oxygen atoms in total. The van der Waals surface area contributed by atoms with Gasteiger partial charge in [-0.25, -0.2) is 0 Å². The molecule has 4 rings (SSSR count). The topological polar surface area (TPSA) is 38.7 Å². The summed E-state index contributed by atoms with van der Waals surface area (Å²) < 4.78 is 12.5. The molecule has 0 aliphatic heterocycles. The molecule has 0 aromatic heterocycles. The Morgan fingerprint density at radius 2 is 1.06 bits per heavy atom. The summed E-state index contributed by atoms with van der Waals surface area (Å²) in [5.74, 6) is 0. The van der Waals surface area contributed by atoms with Crippen LogP contribution in [0.1, 0.15) is 41.5 Å². The van der Waals surface area contributed by atoms with Gasteiger partial charge in [0.25, 0.3) is 0 Å². The SMILES string of the molecule is OC(CCCCOCc1ccccc1)COC(c1ccccc1)(c1ccccc1)c1ccccc1. The number of rotatable bonds is 13. The van der Waals surface area contributed by atoms with E-state index in [1.165, 1.54) is 5.56 Å². The standard InChI is InChI=1S/C32H34O3/c33-31(23-13-14-24-34-25-27-15-5-1-6-16-27)26-35-32(28-17-7-2-8-18-28,29-19-9-3-10-20-29)30-21-11-4-12-22-30/h1-12,15-22,31,33H,13-14,23-26H2. The first-order valence-electron chi connectivity index (χ1n) is 12.4. The van der Waals surface area contributed by atoms with Gasteiger partial charge in [-0.15, -0.1) is 0 Å². The zero-order chi connectivity index (χ0) is 24.2. The summed E-state index contributed by atoms with van der Waals surface area (Å²) in [5, 5.41) is 10.8. The second-order valence-corrected chi connectivity index (χ2v) is 8.78. The fourth-order valence-electron chi connectivity index (χ4n) is 4.42. The minimum atomic E-state index is -0.802. The van der Waals surface area contributed by atoms with E-state index in [0.717, 1.165) is 29.5 Å². The molecule has 4 aromatic rings. The average Bonchev–Trinajstić information content (AvgIpc) is 2.93. The molecule has 3 heteroatoms. The molecule has 180 valence electrons. The maximum Gasteiger partial charge on any atom is 0.143 e. The van der Waals surface area contributed by atoms with E-state index < -0.39 is 11.7 Å². The number of benzene rings is 4. The van der Waals surface area contributed by atoms with Gasteiger partial charge in [0.15, 0.2) is 0 Å². The highest BCUT2D eigenvalue weighted by atomic mass is 16.5. The van der Waals surface area contributed by atoms with Gasteiger partial charge in [-0.2, -0.15) is 0 Å². The van der Waals surface area contributed by atoms with Crippen LogP contribution in [0.25, 0.3) is 0 Å². The van der Waals surface area contributed by atoms with Gasteiger partial charge in [0.2, 0.25) is 0 Å². The zero-order valence-electron chi connectivity index (χ0n) is 20.1. The molecule has 0 bridgehead atoms. The van der Waals surface area contributed by atoms with Gasteiger partial charge in [-0.1, -0.05) is 121 Å². The van der Waals surface area contributed by atoms with Gasteiger partial charge in [0.1, 0.15) is 5.60 Å². The summed E-state index contributed by atoms with van der Waals surface area (Å²) >= 11 is 0. The quantitative estimate of drug-likeness (QED) is 0.175. The van der Waals surface area contributed by atoms with Crippen molar-refractivity contribution >= 4 is 0 Å². The van der Waals surface area contributed by atoms with E-state index >= 15 is 0 Å². The van der Waals surface area contributed by atoms with Crippen molar-refractivity contribution in [2.45, 2.75) is 37.6 Å². The third kappa shape index (κ3) is 6.67. The van der Waals surface area contributed by atoms with Gasteiger partial charge < -0.3 is 14.6 Å². The van der Waals surface area contributed by atoms with Crippen LogP contribution in [0.3, 0.4) is 0 Å². The van der Waals surface area contributed by atoms with Crippen molar-refractivity contribution in [1.29, 1.82) is 0 Å². The minimum absolute atomic E-state index is 0.240. The second kappa shape index (κ2) is 13.0. The molecule has 4 aromatic carbocycles. The van der Waals surface area contributed by atoms with Crippen LogP contribution < -0.4 is 0 Å². The van der Waals surface area contributed by atoms with Crippen LogP contribution in [0.2, 0.25) is 0 Å². The van der Waals surface area contributed by atoms with Crippen LogP contribution in [0.5, 0.6) is 0 Å². The van der Waals surface area contributed by atoms with Crippen LogP contribution >= 0.6 is 0 Å². The summed E-state index contributed by atoms with van der Waals surface area (Å²) in [5.41, 5.74) is 3.50. The maximum absolute atomic E-state index is 10.8. The number of hydrogen-bond acceptors (Lipinski definition) is 3. The Balaban J connectivity index is 1.40. The van der Waals surface area contributed by atoms with Crippen molar-refractivity contribution < 1.29 is 14.6 Å². The molecular formula is C32H34O3. The highest BCUT2D eigenvalue weighted by molar-refractivity contribution is 5.47. The lowest BCUT2D eigenvalue weighted by molar-refractivity contribution is -0.0409. The van der Waals surface area contributed by atoms with Gasteiger partial charge >= 0.3 is 0 Å². The monoisotopic (exact) mass is 466 g/mol. The van der Waals surface area contributed by atoms with Crippen LogP contribution in [-0.2, 0) is 21.7 Å². The predicted octanol–water partition coefficient (Wildman–Crippen LogP) is 6.74. The Morgan fingerprint density at radius 1 is 0.600 bits per heavy atom. The van der Waals surface area contributed by atoms with E-state index in [-0.39, 0.29) is 6.61 Å². The molecule has 0 saturated carbocycles. The molecule has 0 radical (unpaired) electrons. The predicted molar refractivity (Wildman–Crippen MR) is 141 cm³/mol. The summed E-state index contributed by atoms with van der Waals surface area (Å²) in [6, 6.07) is 41.0. The fraction of sp³-hybridized carbons (Fsp3) is 0.250. The van der Waals surface area contributed by atoms with E-state index in [4.69, 9.17) is 9.47 Å². The Hall–Kier alpha value is -3.24. The Kier molecular flexibility index (Phi) is 9.24. The molecule has 0 amide bonds. The molecule has 0 aliphatic rings. The molecule has 0 aliphatic carbocycles. The average molecular weight is 467 g/mol. The molecule has 0 spiro atoms. The van der Waals surface area contributed by atoms with Gasteiger partial charge in [-0.05, 0) is 41.5 Å². The molecular weight excluding hydrogens is 432 g/mol. The van der Waals surface area contributed by atoms with Crippen LogP contribution in [0, 0.1) is 0 Å². The van der Waals surface area contributed by atoms with Gasteiger partial charge in [0.05, 0.1) is 19.3 Å². The van der Waals surface area contributed by atoms with E-state index in [9.17, 15) is 5.11 Å². The van der Waals surface area contributed by atoms with Crippen LogP contribution in [0.4, 0.5) is 0 Å². The van der Waals surface area contributed by atoms with Crippen molar-refractivity contribution in [3.05, 3.63) is 144 Å². The summed E-state index contributed by atoms with van der Waals surface area (Å²) in [6.07, 6.45) is 1.90. The van der Waals surface area contributed by atoms with Crippen LogP contribution in [-0.4, -0.2) is 24.4 Å². The summed E-state index contributed by atoms with van der Waals surface area (Å²) in [6.45, 7) is 1.55. The highest BCUT2D eigenvalue weighted by Gasteiger charge is 2.37. The van der Waals surface area contributed by atoms with E-state index in [1.807, 2.05) is 72.8 Å². The van der Waals surface area contributed by atoms with Gasteiger partial charge in [0, 0.05) is 6.61 Å².